The van der Waals surface area contributed by atoms with E-state index in [2.05, 4.69) is 62.2 Å². The number of ether oxygens (including phenoxy) is 1. The van der Waals surface area contributed by atoms with Crippen molar-refractivity contribution < 1.29 is 13.9 Å². The van der Waals surface area contributed by atoms with E-state index in [0.29, 0.717) is 17.3 Å². The van der Waals surface area contributed by atoms with E-state index in [1.807, 2.05) is 12.1 Å². The Kier molecular flexibility index (Phi) is 5.71. The Labute approximate surface area is 189 Å². The molecule has 0 fully saturated rings. The van der Waals surface area contributed by atoms with Gasteiger partial charge in [0.1, 0.15) is 0 Å². The first-order valence-electron chi connectivity index (χ1n) is 11.1. The predicted molar refractivity (Wildman–Crippen MR) is 129 cm³/mol. The van der Waals surface area contributed by atoms with Gasteiger partial charge >= 0.3 is 5.91 Å². The highest BCUT2D eigenvalue weighted by molar-refractivity contribution is 5.97. The van der Waals surface area contributed by atoms with E-state index in [0.717, 1.165) is 29.5 Å². The third-order valence-corrected chi connectivity index (χ3v) is 6.41. The minimum absolute atomic E-state index is 0.131. The van der Waals surface area contributed by atoms with Crippen molar-refractivity contribution in [1.29, 1.82) is 0 Å². The lowest BCUT2D eigenvalue weighted by atomic mass is 9.79. The summed E-state index contributed by atoms with van der Waals surface area (Å²) in [7, 11) is 1.57. The van der Waals surface area contributed by atoms with Gasteiger partial charge in [-0.1, -0.05) is 19.1 Å². The zero-order chi connectivity index (χ0) is 23.0. The van der Waals surface area contributed by atoms with Crippen LogP contribution in [-0.4, -0.2) is 31.3 Å². The number of carbonyl (C=O) groups is 1. The summed E-state index contributed by atoms with van der Waals surface area (Å²) in [6.07, 6.45) is 2.80. The molecule has 32 heavy (non-hydrogen) atoms. The summed E-state index contributed by atoms with van der Waals surface area (Å²) < 4.78 is 11.0. The highest BCUT2D eigenvalue weighted by Gasteiger charge is 2.35. The second kappa shape index (κ2) is 8.34. The van der Waals surface area contributed by atoms with Crippen molar-refractivity contribution in [3.05, 3.63) is 58.8 Å². The fourth-order valence-corrected chi connectivity index (χ4v) is 4.91. The molecule has 1 N–H and O–H groups in total. The van der Waals surface area contributed by atoms with Crippen LogP contribution in [0.15, 0.2) is 45.9 Å². The van der Waals surface area contributed by atoms with Crippen LogP contribution in [0.25, 0.3) is 11.0 Å². The number of aryl methyl sites for hydroxylation is 1. The smallest absolute Gasteiger partial charge is 0.307 e. The lowest BCUT2D eigenvalue weighted by Crippen LogP contribution is -2.48. The molecule has 0 saturated heterocycles. The van der Waals surface area contributed by atoms with Crippen molar-refractivity contribution in [2.75, 3.05) is 18.6 Å². The topological polar surface area (TPSA) is 67.1 Å². The van der Waals surface area contributed by atoms with Crippen LogP contribution in [0.5, 0.6) is 5.75 Å². The second-order valence-electron chi connectivity index (χ2n) is 9.12. The van der Waals surface area contributed by atoms with Gasteiger partial charge in [-0.25, -0.2) is 5.43 Å². The Balaban J connectivity index is 1.55. The Morgan fingerprint density at radius 2 is 2.12 bits per heavy atom. The number of methoxy groups -OCH3 is 1. The Bertz CT molecular complexity index is 1190. The molecule has 0 aliphatic carbocycles. The predicted octanol–water partition coefficient (Wildman–Crippen LogP) is 5.63. The first-order chi connectivity index (χ1) is 15.2. The van der Waals surface area contributed by atoms with E-state index in [1.165, 1.54) is 11.3 Å². The maximum atomic E-state index is 12.6. The standard InChI is InChI=1S/C26H31N3O3/c1-7-29-21-11-16(2)19(12-20(21)17(3)14-26(29,4)5)15-27-28-25(30)23-13-18-9-8-10-22(31-6)24(18)32-23/h8-13,15,17H,7,14H2,1-6H3,(H,28,30)/b27-15-/t17-/m1/s1. The molecule has 1 aliphatic rings. The SMILES string of the molecule is CCN1c2cc(C)c(/C=N\NC(=O)c3cc4cccc(OC)c4o3)cc2[C@H](C)CC1(C)C. The summed E-state index contributed by atoms with van der Waals surface area (Å²) in [6.45, 7) is 12.2. The number of amides is 1. The van der Waals surface area contributed by atoms with E-state index in [4.69, 9.17) is 9.15 Å². The molecule has 1 aliphatic heterocycles. The van der Waals surface area contributed by atoms with Gasteiger partial charge < -0.3 is 14.1 Å². The monoisotopic (exact) mass is 433 g/mol. The van der Waals surface area contributed by atoms with Crippen molar-refractivity contribution in [3.8, 4) is 5.75 Å². The number of nitrogens with zero attached hydrogens (tertiary/aromatic N) is 2. The summed E-state index contributed by atoms with van der Waals surface area (Å²) in [4.78, 5) is 15.0. The molecule has 1 atom stereocenters. The zero-order valence-corrected chi connectivity index (χ0v) is 19.7. The average Bonchev–Trinajstić information content (AvgIpc) is 3.18. The number of hydrazone groups is 1. The molecule has 4 rings (SSSR count). The van der Waals surface area contributed by atoms with Crippen LogP contribution in [0, 0.1) is 6.92 Å². The van der Waals surface area contributed by atoms with Crippen molar-refractivity contribution >= 4 is 28.8 Å². The van der Waals surface area contributed by atoms with E-state index < -0.39 is 5.91 Å². The molecule has 2 aromatic carbocycles. The van der Waals surface area contributed by atoms with Crippen LogP contribution in [0.4, 0.5) is 5.69 Å². The lowest BCUT2D eigenvalue weighted by Gasteiger charge is -2.47. The van der Waals surface area contributed by atoms with E-state index >= 15 is 0 Å². The summed E-state index contributed by atoms with van der Waals surface area (Å²) in [6, 6.07) is 11.7. The highest BCUT2D eigenvalue weighted by Crippen LogP contribution is 2.44. The van der Waals surface area contributed by atoms with Gasteiger partial charge in [0.2, 0.25) is 0 Å². The molecule has 1 amide bonds. The molecule has 0 saturated carbocycles. The fraction of sp³-hybridized carbons (Fsp3) is 0.385. The minimum atomic E-state index is -0.401. The number of furan rings is 1. The number of hydrogen-bond donors (Lipinski definition) is 1. The number of carbonyl (C=O) groups excluding carboxylic acids is 1. The number of rotatable bonds is 5. The molecule has 2 heterocycles. The van der Waals surface area contributed by atoms with Gasteiger partial charge in [0, 0.05) is 23.2 Å². The van der Waals surface area contributed by atoms with Crippen LogP contribution < -0.4 is 15.1 Å². The van der Waals surface area contributed by atoms with Gasteiger partial charge in [-0.05, 0) is 81.0 Å². The molecule has 0 bridgehead atoms. The molecule has 0 radical (unpaired) electrons. The molecule has 1 aromatic heterocycles. The summed E-state index contributed by atoms with van der Waals surface area (Å²) in [5.41, 5.74) is 8.01. The molecular weight excluding hydrogens is 402 g/mol. The summed E-state index contributed by atoms with van der Waals surface area (Å²) in [5, 5.41) is 5.01. The summed E-state index contributed by atoms with van der Waals surface area (Å²) in [5.74, 6) is 0.837. The molecule has 6 heteroatoms. The number of para-hydroxylation sites is 1. The van der Waals surface area contributed by atoms with Crippen molar-refractivity contribution in [1.82, 2.24) is 5.43 Å². The molecular formula is C26H31N3O3. The molecule has 0 spiro atoms. The van der Waals surface area contributed by atoms with Gasteiger partial charge in [-0.3, -0.25) is 4.79 Å². The maximum absolute atomic E-state index is 12.6. The van der Waals surface area contributed by atoms with Gasteiger partial charge in [-0.2, -0.15) is 5.10 Å². The van der Waals surface area contributed by atoms with Crippen LogP contribution in [0.1, 0.15) is 67.3 Å². The van der Waals surface area contributed by atoms with Crippen molar-refractivity contribution in [2.24, 2.45) is 5.10 Å². The highest BCUT2D eigenvalue weighted by atomic mass is 16.5. The van der Waals surface area contributed by atoms with Crippen LogP contribution in [-0.2, 0) is 0 Å². The third kappa shape index (κ3) is 3.85. The van der Waals surface area contributed by atoms with Gasteiger partial charge in [-0.15, -0.1) is 0 Å². The summed E-state index contributed by atoms with van der Waals surface area (Å²) >= 11 is 0. The largest absolute Gasteiger partial charge is 0.493 e. The van der Waals surface area contributed by atoms with Gasteiger partial charge in [0.25, 0.3) is 0 Å². The second-order valence-corrected chi connectivity index (χ2v) is 9.12. The number of nitrogens with one attached hydrogen (secondary N) is 1. The number of benzene rings is 2. The lowest BCUT2D eigenvalue weighted by molar-refractivity contribution is 0.0929. The Morgan fingerprint density at radius 3 is 2.84 bits per heavy atom. The van der Waals surface area contributed by atoms with E-state index in [-0.39, 0.29) is 11.3 Å². The zero-order valence-electron chi connectivity index (χ0n) is 19.7. The Hall–Kier alpha value is -3.28. The molecule has 0 unspecified atom stereocenters. The normalized spacial score (nSPS) is 17.6. The van der Waals surface area contributed by atoms with E-state index in [9.17, 15) is 4.79 Å². The van der Waals surface area contributed by atoms with Crippen LogP contribution in [0.3, 0.4) is 0 Å². The minimum Gasteiger partial charge on any atom is -0.493 e. The van der Waals surface area contributed by atoms with Crippen LogP contribution >= 0.6 is 0 Å². The first kappa shape index (κ1) is 21.9. The quantitative estimate of drug-likeness (QED) is 0.418. The number of anilines is 1. The molecule has 3 aromatic rings. The molecule has 168 valence electrons. The number of fused-ring (bicyclic) bond motifs is 2. The third-order valence-electron chi connectivity index (χ3n) is 6.41. The molecule has 6 nitrogen and oxygen atoms in total. The van der Waals surface area contributed by atoms with E-state index in [1.54, 1.807) is 25.5 Å². The first-order valence-corrected chi connectivity index (χ1v) is 11.1. The van der Waals surface area contributed by atoms with Crippen molar-refractivity contribution in [2.45, 2.75) is 52.5 Å². The van der Waals surface area contributed by atoms with Crippen LogP contribution in [0.2, 0.25) is 0 Å². The maximum Gasteiger partial charge on any atom is 0.307 e. The Morgan fingerprint density at radius 1 is 1.34 bits per heavy atom. The average molecular weight is 434 g/mol. The van der Waals surface area contributed by atoms with Gasteiger partial charge in [0.15, 0.2) is 17.1 Å². The van der Waals surface area contributed by atoms with Gasteiger partial charge in [0.05, 0.1) is 13.3 Å². The number of hydrogen-bond acceptors (Lipinski definition) is 5. The van der Waals surface area contributed by atoms with Crippen molar-refractivity contribution in [3.63, 3.8) is 0 Å². The fourth-order valence-electron chi connectivity index (χ4n) is 4.91.